The van der Waals surface area contributed by atoms with Crippen LogP contribution < -0.4 is 0 Å². The molecule has 1 atom stereocenters. The van der Waals surface area contributed by atoms with E-state index in [2.05, 4.69) is 10.2 Å². The first kappa shape index (κ1) is 14.0. The third-order valence-corrected chi connectivity index (χ3v) is 5.32. The van der Waals surface area contributed by atoms with E-state index >= 15 is 0 Å². The molecule has 0 bridgehead atoms. The van der Waals surface area contributed by atoms with Crippen LogP contribution in [0.1, 0.15) is 25.0 Å². The van der Waals surface area contributed by atoms with E-state index in [0.717, 1.165) is 12.8 Å². The predicted molar refractivity (Wildman–Crippen MR) is 66.9 cm³/mol. The minimum atomic E-state index is -3.71. The molecule has 1 unspecified atom stereocenters. The summed E-state index contributed by atoms with van der Waals surface area (Å²) in [4.78, 5) is 11.8. The number of hydrogen-bond donors (Lipinski definition) is 1. The van der Waals surface area contributed by atoms with Crippen LogP contribution >= 0.6 is 0 Å². The summed E-state index contributed by atoms with van der Waals surface area (Å²) < 4.78 is 31.0. The molecule has 1 aromatic rings. The van der Waals surface area contributed by atoms with Crippen molar-refractivity contribution in [3.8, 4) is 0 Å². The number of aromatic amines is 1. The van der Waals surface area contributed by atoms with Crippen molar-refractivity contribution in [1.82, 2.24) is 14.5 Å². The molecular formula is C11H17N3O4S. The maximum Gasteiger partial charge on any atom is 0.324 e. The van der Waals surface area contributed by atoms with Gasteiger partial charge in [0.15, 0.2) is 0 Å². The number of aryl methyl sites for hydroxylation is 1. The van der Waals surface area contributed by atoms with Gasteiger partial charge in [-0.25, -0.2) is 8.42 Å². The number of nitrogens with zero attached hydrogens (tertiary/aromatic N) is 2. The van der Waals surface area contributed by atoms with Crippen LogP contribution in [0, 0.1) is 6.92 Å². The second kappa shape index (κ2) is 5.30. The minimum Gasteiger partial charge on any atom is -0.468 e. The lowest BCUT2D eigenvalue weighted by Gasteiger charge is -2.32. The van der Waals surface area contributed by atoms with E-state index in [4.69, 9.17) is 4.74 Å². The Bertz CT molecular complexity index is 566. The fraction of sp³-hybridized carbons (Fsp3) is 0.636. The molecule has 0 amide bonds. The Morgan fingerprint density at radius 2 is 2.26 bits per heavy atom. The monoisotopic (exact) mass is 287 g/mol. The summed E-state index contributed by atoms with van der Waals surface area (Å²) in [5, 5.41) is 6.33. The highest BCUT2D eigenvalue weighted by molar-refractivity contribution is 7.89. The molecule has 8 heteroatoms. The van der Waals surface area contributed by atoms with Gasteiger partial charge in [-0.2, -0.15) is 9.40 Å². The SMILES string of the molecule is COC(=O)C1CCCCN1S(=O)(=O)c1cn[nH]c1C. The number of piperidine rings is 1. The first-order valence-corrected chi connectivity index (χ1v) is 7.52. The van der Waals surface area contributed by atoms with E-state index in [1.54, 1.807) is 6.92 Å². The number of methoxy groups -OCH3 is 1. The zero-order valence-electron chi connectivity index (χ0n) is 10.9. The van der Waals surface area contributed by atoms with Crippen LogP contribution in [0.25, 0.3) is 0 Å². The summed E-state index contributed by atoms with van der Waals surface area (Å²) in [5.41, 5.74) is 0.467. The van der Waals surface area contributed by atoms with Gasteiger partial charge in [-0.15, -0.1) is 0 Å². The fourth-order valence-corrected chi connectivity index (χ4v) is 4.06. The quantitative estimate of drug-likeness (QED) is 0.814. The van der Waals surface area contributed by atoms with Crippen LogP contribution in [-0.2, 0) is 19.6 Å². The number of H-pyrrole nitrogens is 1. The maximum absolute atomic E-state index is 12.6. The van der Waals surface area contributed by atoms with E-state index in [1.807, 2.05) is 0 Å². The normalized spacial score (nSPS) is 21.3. The lowest BCUT2D eigenvalue weighted by Crippen LogP contribution is -2.48. The lowest BCUT2D eigenvalue weighted by atomic mass is 10.1. The molecular weight excluding hydrogens is 270 g/mol. The van der Waals surface area contributed by atoms with E-state index in [1.165, 1.54) is 17.6 Å². The third kappa shape index (κ3) is 2.50. The molecule has 7 nitrogen and oxygen atoms in total. The zero-order chi connectivity index (χ0) is 14.0. The molecule has 1 saturated heterocycles. The third-order valence-electron chi connectivity index (χ3n) is 3.30. The highest BCUT2D eigenvalue weighted by atomic mass is 32.2. The molecule has 19 heavy (non-hydrogen) atoms. The number of ether oxygens (including phenoxy) is 1. The molecule has 1 N–H and O–H groups in total. The summed E-state index contributed by atoms with van der Waals surface area (Å²) in [6, 6.07) is -0.738. The second-order valence-electron chi connectivity index (χ2n) is 4.51. The Hall–Kier alpha value is -1.41. The largest absolute Gasteiger partial charge is 0.468 e. The van der Waals surface area contributed by atoms with Gasteiger partial charge < -0.3 is 4.74 Å². The van der Waals surface area contributed by atoms with Crippen molar-refractivity contribution < 1.29 is 17.9 Å². The Labute approximate surface area is 112 Å². The Morgan fingerprint density at radius 3 is 2.84 bits per heavy atom. The van der Waals surface area contributed by atoms with Crippen molar-refractivity contribution in [2.24, 2.45) is 0 Å². The molecule has 1 aromatic heterocycles. The van der Waals surface area contributed by atoms with Gasteiger partial charge in [0.05, 0.1) is 19.0 Å². The molecule has 0 radical (unpaired) electrons. The smallest absolute Gasteiger partial charge is 0.324 e. The maximum atomic E-state index is 12.6. The number of aromatic nitrogens is 2. The lowest BCUT2D eigenvalue weighted by molar-refractivity contribution is -0.146. The van der Waals surface area contributed by atoms with Crippen molar-refractivity contribution >= 4 is 16.0 Å². The Balaban J connectivity index is 2.37. The summed E-state index contributed by atoms with van der Waals surface area (Å²) in [5.74, 6) is -0.510. The van der Waals surface area contributed by atoms with Crippen molar-refractivity contribution in [3.05, 3.63) is 11.9 Å². The number of rotatable bonds is 3. The Morgan fingerprint density at radius 1 is 1.53 bits per heavy atom. The van der Waals surface area contributed by atoms with Gasteiger partial charge in [0.2, 0.25) is 10.0 Å². The van der Waals surface area contributed by atoms with E-state index in [9.17, 15) is 13.2 Å². The van der Waals surface area contributed by atoms with Gasteiger partial charge in [-0.05, 0) is 26.2 Å². The molecule has 2 heterocycles. The molecule has 0 spiro atoms. The summed E-state index contributed by atoms with van der Waals surface area (Å²) >= 11 is 0. The summed E-state index contributed by atoms with van der Waals surface area (Å²) in [6.45, 7) is 1.96. The van der Waals surface area contributed by atoms with E-state index < -0.39 is 22.0 Å². The average Bonchev–Trinajstić information content (AvgIpc) is 2.85. The minimum absolute atomic E-state index is 0.114. The fourth-order valence-electron chi connectivity index (χ4n) is 2.29. The predicted octanol–water partition coefficient (Wildman–Crippen LogP) is 0.434. The van der Waals surface area contributed by atoms with Gasteiger partial charge in [-0.1, -0.05) is 0 Å². The summed E-state index contributed by atoms with van der Waals surface area (Å²) in [7, 11) is -2.45. The van der Waals surface area contributed by atoms with E-state index in [-0.39, 0.29) is 4.90 Å². The van der Waals surface area contributed by atoms with Crippen molar-refractivity contribution in [3.63, 3.8) is 0 Å². The molecule has 0 saturated carbocycles. The molecule has 0 aliphatic carbocycles. The Kier molecular flexibility index (Phi) is 3.91. The number of nitrogens with one attached hydrogen (secondary N) is 1. The molecule has 2 rings (SSSR count). The number of hydrogen-bond acceptors (Lipinski definition) is 5. The number of sulfonamides is 1. The summed E-state index contributed by atoms with van der Waals surface area (Å²) in [6.07, 6.45) is 3.32. The van der Waals surface area contributed by atoms with Crippen LogP contribution in [0.3, 0.4) is 0 Å². The van der Waals surface area contributed by atoms with Crippen LogP contribution in [0.15, 0.2) is 11.1 Å². The molecule has 0 aromatic carbocycles. The topological polar surface area (TPSA) is 92.4 Å². The molecule has 1 aliphatic heterocycles. The standard InChI is InChI=1S/C11H17N3O4S/c1-8-10(7-12-13-8)19(16,17)14-6-4-3-5-9(14)11(15)18-2/h7,9H,3-6H2,1-2H3,(H,12,13). The van der Waals surface area contributed by atoms with Crippen molar-refractivity contribution in [1.29, 1.82) is 0 Å². The van der Waals surface area contributed by atoms with Gasteiger partial charge in [0, 0.05) is 6.54 Å². The van der Waals surface area contributed by atoms with Gasteiger partial charge in [-0.3, -0.25) is 9.89 Å². The van der Waals surface area contributed by atoms with Crippen LogP contribution in [0.4, 0.5) is 0 Å². The average molecular weight is 287 g/mol. The zero-order valence-corrected chi connectivity index (χ0v) is 11.7. The number of carbonyl (C=O) groups excluding carboxylic acids is 1. The highest BCUT2D eigenvalue weighted by Crippen LogP contribution is 2.26. The number of carbonyl (C=O) groups is 1. The van der Waals surface area contributed by atoms with Gasteiger partial charge in [0.25, 0.3) is 0 Å². The van der Waals surface area contributed by atoms with E-state index in [0.29, 0.717) is 18.7 Å². The van der Waals surface area contributed by atoms with Crippen LogP contribution in [-0.4, -0.2) is 48.6 Å². The first-order valence-electron chi connectivity index (χ1n) is 6.08. The second-order valence-corrected chi connectivity index (χ2v) is 6.37. The van der Waals surface area contributed by atoms with Crippen LogP contribution in [0.5, 0.6) is 0 Å². The molecule has 106 valence electrons. The molecule has 1 fully saturated rings. The first-order chi connectivity index (χ1) is 8.98. The van der Waals surface area contributed by atoms with Crippen molar-refractivity contribution in [2.75, 3.05) is 13.7 Å². The van der Waals surface area contributed by atoms with Crippen LogP contribution in [0.2, 0.25) is 0 Å². The number of esters is 1. The highest BCUT2D eigenvalue weighted by Gasteiger charge is 2.39. The molecule has 1 aliphatic rings. The van der Waals surface area contributed by atoms with Gasteiger partial charge >= 0.3 is 5.97 Å². The van der Waals surface area contributed by atoms with Gasteiger partial charge in [0.1, 0.15) is 10.9 Å². The van der Waals surface area contributed by atoms with Crippen molar-refractivity contribution in [2.45, 2.75) is 37.1 Å².